The molecule has 1 aliphatic rings. The molecule has 0 bridgehead atoms. The summed E-state index contributed by atoms with van der Waals surface area (Å²) in [5, 5.41) is 10.6. The highest BCUT2D eigenvalue weighted by atomic mass is 16.6. The average molecular weight is 276 g/mol. The summed E-state index contributed by atoms with van der Waals surface area (Å²) in [5.74, 6) is 0.0421. The molecule has 1 aromatic carbocycles. The number of hydrogen-bond donors (Lipinski definition) is 0. The smallest absolute Gasteiger partial charge is 0.269 e. The molecule has 1 saturated heterocycles. The van der Waals surface area contributed by atoms with Crippen molar-refractivity contribution >= 4 is 11.5 Å². The number of nitro groups is 1. The molecule has 0 N–H and O–H groups in total. The van der Waals surface area contributed by atoms with Gasteiger partial charge in [-0.05, 0) is 38.1 Å². The maximum atomic E-state index is 12.2. The second kappa shape index (κ2) is 7.14. The van der Waals surface area contributed by atoms with Crippen LogP contribution < -0.4 is 0 Å². The standard InChI is InChI=1S/C15H20N2O3/c18-15(12-16-10-4-2-1-3-5-11-16)13-6-8-14(9-7-13)17(19)20/h6-9H,1-5,10-12H2. The molecule has 0 radical (unpaired) electrons. The first-order valence-corrected chi connectivity index (χ1v) is 7.17. The van der Waals surface area contributed by atoms with Crippen LogP contribution in [-0.4, -0.2) is 35.2 Å². The molecule has 5 heteroatoms. The van der Waals surface area contributed by atoms with Gasteiger partial charge in [-0.2, -0.15) is 0 Å². The van der Waals surface area contributed by atoms with Crippen molar-refractivity contribution in [3.05, 3.63) is 39.9 Å². The van der Waals surface area contributed by atoms with Crippen molar-refractivity contribution in [3.63, 3.8) is 0 Å². The molecule has 1 aromatic rings. The lowest BCUT2D eigenvalue weighted by atomic mass is 10.1. The van der Waals surface area contributed by atoms with E-state index in [4.69, 9.17) is 0 Å². The first-order valence-electron chi connectivity index (χ1n) is 7.17. The number of benzene rings is 1. The zero-order valence-electron chi connectivity index (χ0n) is 11.6. The van der Waals surface area contributed by atoms with E-state index in [2.05, 4.69) is 4.90 Å². The first-order chi connectivity index (χ1) is 9.66. The maximum absolute atomic E-state index is 12.2. The molecule has 0 amide bonds. The minimum absolute atomic E-state index is 0.0211. The second-order valence-electron chi connectivity index (χ2n) is 5.27. The molecular formula is C15H20N2O3. The number of ketones is 1. The van der Waals surface area contributed by atoms with Crippen molar-refractivity contribution in [3.8, 4) is 0 Å². The van der Waals surface area contributed by atoms with Gasteiger partial charge in [0.05, 0.1) is 11.5 Å². The second-order valence-corrected chi connectivity index (χ2v) is 5.27. The number of nitro benzene ring substituents is 1. The Bertz CT molecular complexity index is 463. The van der Waals surface area contributed by atoms with Crippen molar-refractivity contribution in [1.82, 2.24) is 4.90 Å². The largest absolute Gasteiger partial charge is 0.296 e. The van der Waals surface area contributed by atoms with Crippen LogP contribution in [-0.2, 0) is 0 Å². The van der Waals surface area contributed by atoms with E-state index in [9.17, 15) is 14.9 Å². The Morgan fingerprint density at radius 2 is 1.60 bits per heavy atom. The van der Waals surface area contributed by atoms with Crippen LogP contribution in [0.1, 0.15) is 42.5 Å². The Labute approximate surface area is 118 Å². The van der Waals surface area contributed by atoms with E-state index in [1.165, 1.54) is 31.4 Å². The molecular weight excluding hydrogens is 256 g/mol. The molecule has 20 heavy (non-hydrogen) atoms. The lowest BCUT2D eigenvalue weighted by molar-refractivity contribution is -0.384. The third-order valence-corrected chi connectivity index (χ3v) is 3.72. The first kappa shape index (κ1) is 14.7. The molecule has 5 nitrogen and oxygen atoms in total. The van der Waals surface area contributed by atoms with E-state index >= 15 is 0 Å². The quantitative estimate of drug-likeness (QED) is 0.481. The minimum Gasteiger partial charge on any atom is -0.296 e. The zero-order valence-corrected chi connectivity index (χ0v) is 11.6. The predicted molar refractivity (Wildman–Crippen MR) is 77.0 cm³/mol. The van der Waals surface area contributed by atoms with Crippen LogP contribution >= 0.6 is 0 Å². The lowest BCUT2D eigenvalue weighted by Crippen LogP contribution is -2.32. The van der Waals surface area contributed by atoms with Crippen molar-refractivity contribution in [2.75, 3.05) is 19.6 Å². The topological polar surface area (TPSA) is 63.5 Å². The summed E-state index contributed by atoms with van der Waals surface area (Å²) in [4.78, 5) is 24.5. The molecule has 0 spiro atoms. The number of carbonyl (C=O) groups is 1. The van der Waals surface area contributed by atoms with Crippen molar-refractivity contribution in [2.24, 2.45) is 0 Å². The Balaban J connectivity index is 1.94. The molecule has 0 saturated carbocycles. The fourth-order valence-corrected chi connectivity index (χ4v) is 2.53. The number of rotatable bonds is 4. The number of carbonyl (C=O) groups excluding carboxylic acids is 1. The van der Waals surface area contributed by atoms with Gasteiger partial charge in [-0.15, -0.1) is 0 Å². The summed E-state index contributed by atoms with van der Waals surface area (Å²) in [7, 11) is 0. The van der Waals surface area contributed by atoms with E-state index < -0.39 is 4.92 Å². The highest BCUT2D eigenvalue weighted by Gasteiger charge is 2.14. The number of Topliss-reactive ketones (excluding diaryl/α,β-unsaturated/α-hetero) is 1. The van der Waals surface area contributed by atoms with E-state index in [0.717, 1.165) is 25.9 Å². The fraction of sp³-hybridized carbons (Fsp3) is 0.533. The molecule has 2 rings (SSSR count). The Morgan fingerprint density at radius 3 is 2.15 bits per heavy atom. The summed E-state index contributed by atoms with van der Waals surface area (Å²) in [6, 6.07) is 5.87. The molecule has 1 aliphatic heterocycles. The van der Waals surface area contributed by atoms with Crippen molar-refractivity contribution in [1.29, 1.82) is 0 Å². The Morgan fingerprint density at radius 1 is 1.05 bits per heavy atom. The van der Waals surface area contributed by atoms with Gasteiger partial charge in [-0.3, -0.25) is 19.8 Å². The predicted octanol–water partition coefficient (Wildman–Crippen LogP) is 3.04. The number of hydrogen-bond acceptors (Lipinski definition) is 4. The fourth-order valence-electron chi connectivity index (χ4n) is 2.53. The van der Waals surface area contributed by atoms with Gasteiger partial charge in [-0.25, -0.2) is 0 Å². The van der Waals surface area contributed by atoms with Gasteiger partial charge in [0, 0.05) is 17.7 Å². The number of non-ortho nitro benzene ring substituents is 1. The van der Waals surface area contributed by atoms with Crippen LogP contribution in [0.5, 0.6) is 0 Å². The Hall–Kier alpha value is -1.75. The zero-order chi connectivity index (χ0) is 14.4. The summed E-state index contributed by atoms with van der Waals surface area (Å²) < 4.78 is 0. The highest BCUT2D eigenvalue weighted by Crippen LogP contribution is 2.14. The normalized spacial score (nSPS) is 17.2. The van der Waals surface area contributed by atoms with Crippen LogP contribution in [0.4, 0.5) is 5.69 Å². The summed E-state index contributed by atoms with van der Waals surface area (Å²) >= 11 is 0. The molecule has 1 fully saturated rings. The summed E-state index contributed by atoms with van der Waals surface area (Å²) in [6.07, 6.45) is 6.07. The summed E-state index contributed by atoms with van der Waals surface area (Å²) in [5.41, 5.74) is 0.575. The van der Waals surface area contributed by atoms with E-state index in [-0.39, 0.29) is 11.5 Å². The molecule has 0 unspecified atom stereocenters. The van der Waals surface area contributed by atoms with E-state index in [0.29, 0.717) is 12.1 Å². The monoisotopic (exact) mass is 276 g/mol. The van der Waals surface area contributed by atoms with Crippen molar-refractivity contribution < 1.29 is 9.72 Å². The van der Waals surface area contributed by atoms with Gasteiger partial charge < -0.3 is 0 Å². The van der Waals surface area contributed by atoms with Crippen molar-refractivity contribution in [2.45, 2.75) is 32.1 Å². The summed E-state index contributed by atoms with van der Waals surface area (Å²) in [6.45, 7) is 2.36. The SMILES string of the molecule is O=C(CN1CCCCCCC1)c1ccc([N+](=O)[O-])cc1. The van der Waals surface area contributed by atoms with Crippen LogP contribution in [0, 0.1) is 10.1 Å². The van der Waals surface area contributed by atoms with Gasteiger partial charge in [0.25, 0.3) is 5.69 Å². The van der Waals surface area contributed by atoms with Crippen LogP contribution in [0.2, 0.25) is 0 Å². The van der Waals surface area contributed by atoms with E-state index in [1.807, 2.05) is 0 Å². The average Bonchev–Trinajstić information content (AvgIpc) is 2.41. The number of likely N-dealkylation sites (tertiary alicyclic amines) is 1. The molecule has 0 atom stereocenters. The van der Waals surface area contributed by atoms with Gasteiger partial charge in [0.15, 0.2) is 5.78 Å². The third-order valence-electron chi connectivity index (χ3n) is 3.72. The van der Waals surface area contributed by atoms with Crippen LogP contribution in [0.15, 0.2) is 24.3 Å². The minimum atomic E-state index is -0.452. The van der Waals surface area contributed by atoms with Gasteiger partial charge in [-0.1, -0.05) is 19.3 Å². The van der Waals surface area contributed by atoms with Gasteiger partial charge in [0.1, 0.15) is 0 Å². The highest BCUT2D eigenvalue weighted by molar-refractivity contribution is 5.97. The third kappa shape index (κ3) is 4.13. The lowest BCUT2D eigenvalue weighted by Gasteiger charge is -2.23. The number of nitrogens with zero attached hydrogens (tertiary/aromatic N) is 2. The molecule has 108 valence electrons. The molecule has 0 aromatic heterocycles. The maximum Gasteiger partial charge on any atom is 0.269 e. The van der Waals surface area contributed by atoms with E-state index in [1.54, 1.807) is 12.1 Å². The molecule has 0 aliphatic carbocycles. The van der Waals surface area contributed by atoms with Crippen LogP contribution in [0.25, 0.3) is 0 Å². The van der Waals surface area contributed by atoms with Gasteiger partial charge >= 0.3 is 0 Å². The van der Waals surface area contributed by atoms with Gasteiger partial charge in [0.2, 0.25) is 0 Å². The Kier molecular flexibility index (Phi) is 5.24. The van der Waals surface area contributed by atoms with Crippen LogP contribution in [0.3, 0.4) is 0 Å². The molecule has 1 heterocycles.